The lowest BCUT2D eigenvalue weighted by atomic mass is 9.98. The van der Waals surface area contributed by atoms with E-state index in [0.717, 1.165) is 23.1 Å². The molecule has 1 unspecified atom stereocenters. The fourth-order valence-corrected chi connectivity index (χ4v) is 5.69. The van der Waals surface area contributed by atoms with Crippen LogP contribution in [0.25, 0.3) is 11.1 Å². The minimum Gasteiger partial charge on any atom is -0.480 e. The van der Waals surface area contributed by atoms with Gasteiger partial charge in [0, 0.05) is 12.6 Å². The van der Waals surface area contributed by atoms with Crippen LogP contribution in [0.3, 0.4) is 0 Å². The second-order valence-electron chi connectivity index (χ2n) is 8.78. The van der Waals surface area contributed by atoms with E-state index in [1.54, 1.807) is 24.3 Å². The largest absolute Gasteiger partial charge is 0.480 e. The lowest BCUT2D eigenvalue weighted by molar-refractivity contribution is -0.134. The number of aliphatic carboxylic acids is 1. The van der Waals surface area contributed by atoms with E-state index in [-0.39, 0.29) is 29.5 Å². The molecule has 0 radical (unpaired) electrons. The first-order valence-electron chi connectivity index (χ1n) is 11.9. The third-order valence-electron chi connectivity index (χ3n) is 6.06. The van der Waals surface area contributed by atoms with E-state index in [1.165, 1.54) is 18.3 Å². The Balaban J connectivity index is 1.73. The van der Waals surface area contributed by atoms with Gasteiger partial charge in [-0.25, -0.2) is 18.4 Å². The van der Waals surface area contributed by atoms with Crippen molar-refractivity contribution in [3.8, 4) is 11.1 Å². The Bertz CT molecular complexity index is 1540. The molecule has 0 aliphatic carbocycles. The molecule has 0 saturated carbocycles. The van der Waals surface area contributed by atoms with Gasteiger partial charge in [0.2, 0.25) is 9.84 Å². The number of allylic oxidation sites excluding steroid dienone is 1. The first-order chi connectivity index (χ1) is 18.2. The number of carbonyl (C=O) groups is 1. The van der Waals surface area contributed by atoms with Crippen molar-refractivity contribution in [1.29, 1.82) is 0 Å². The van der Waals surface area contributed by atoms with E-state index in [4.69, 9.17) is 10.8 Å². The third kappa shape index (κ3) is 5.80. The molecule has 4 N–H and O–H groups in total. The summed E-state index contributed by atoms with van der Waals surface area (Å²) in [5, 5.41) is 11.5. The summed E-state index contributed by atoms with van der Waals surface area (Å²) in [4.78, 5) is 17.4. The molecule has 0 saturated heterocycles. The van der Waals surface area contributed by atoms with Crippen molar-refractivity contribution in [2.75, 3.05) is 11.9 Å². The molecule has 2 aromatic carbocycles. The number of nitrogens with two attached hydrogens (primary N) is 1. The lowest BCUT2D eigenvalue weighted by Gasteiger charge is -2.29. The number of nitrogens with zero attached hydrogens (tertiary/aromatic N) is 2. The molecule has 4 rings (SSSR count). The topological polar surface area (TPSA) is 135 Å². The fourth-order valence-electron chi connectivity index (χ4n) is 4.11. The predicted octanol–water partition coefficient (Wildman–Crippen LogP) is 4.20. The van der Waals surface area contributed by atoms with Crippen molar-refractivity contribution in [3.05, 3.63) is 121 Å². The molecule has 38 heavy (non-hydrogen) atoms. The maximum absolute atomic E-state index is 13.9. The first kappa shape index (κ1) is 26.7. The van der Waals surface area contributed by atoms with Crippen LogP contribution in [0.5, 0.6) is 0 Å². The average molecular weight is 529 g/mol. The molecule has 0 aliphatic rings. The standard InChI is InChI=1S/C29H28N4O4S/c1-2-7-21-8-5-9-24(18-21)23-15-13-22(14-16-23)19-29(30,38(36,37)27-12-3-4-17-31-27)25-10-6-11-26(33-25)32-20-28(34)35/h2-6,8-18H,1,7,19-20,30H2,(H,32,33)(H,34,35). The van der Waals surface area contributed by atoms with E-state index in [0.29, 0.717) is 5.56 Å². The summed E-state index contributed by atoms with van der Waals surface area (Å²) in [6.07, 6.45) is 3.92. The van der Waals surface area contributed by atoms with Crippen LogP contribution in [0.1, 0.15) is 16.8 Å². The van der Waals surface area contributed by atoms with Crippen LogP contribution in [-0.2, 0) is 32.3 Å². The second kappa shape index (κ2) is 11.4. The number of benzene rings is 2. The van der Waals surface area contributed by atoms with E-state index in [9.17, 15) is 13.2 Å². The minimum absolute atomic E-state index is 0.0692. The van der Waals surface area contributed by atoms with Crippen LogP contribution in [0.2, 0.25) is 0 Å². The summed E-state index contributed by atoms with van der Waals surface area (Å²) in [6, 6.07) is 24.9. The Labute approximate surface area is 221 Å². The van der Waals surface area contributed by atoms with Gasteiger partial charge < -0.3 is 16.2 Å². The molecule has 0 amide bonds. The van der Waals surface area contributed by atoms with Crippen molar-refractivity contribution >= 4 is 21.6 Å². The summed E-state index contributed by atoms with van der Waals surface area (Å²) in [5.74, 6) is -0.877. The highest BCUT2D eigenvalue weighted by molar-refractivity contribution is 7.92. The molecule has 2 heterocycles. The van der Waals surface area contributed by atoms with Crippen molar-refractivity contribution in [1.82, 2.24) is 9.97 Å². The molecule has 8 nitrogen and oxygen atoms in total. The molecule has 0 fully saturated rings. The zero-order valence-corrected chi connectivity index (χ0v) is 21.4. The molecule has 1 atom stereocenters. The van der Waals surface area contributed by atoms with Crippen LogP contribution in [-0.4, -0.2) is 36.0 Å². The number of nitrogens with one attached hydrogen (secondary N) is 1. The van der Waals surface area contributed by atoms with Crippen molar-refractivity contribution in [3.63, 3.8) is 0 Å². The maximum Gasteiger partial charge on any atom is 0.322 e. The average Bonchev–Trinajstić information content (AvgIpc) is 2.93. The van der Waals surface area contributed by atoms with Gasteiger partial charge in [-0.2, -0.15) is 0 Å². The highest BCUT2D eigenvalue weighted by atomic mass is 32.2. The molecule has 194 valence electrons. The number of rotatable bonds is 11. The number of pyridine rings is 2. The predicted molar refractivity (Wildman–Crippen MR) is 147 cm³/mol. The minimum atomic E-state index is -4.22. The number of sulfone groups is 1. The number of anilines is 1. The molecule has 0 bridgehead atoms. The first-order valence-corrected chi connectivity index (χ1v) is 13.4. The summed E-state index contributed by atoms with van der Waals surface area (Å²) in [5.41, 5.74) is 10.7. The van der Waals surface area contributed by atoms with Gasteiger partial charge in [0.15, 0.2) is 9.90 Å². The van der Waals surface area contributed by atoms with Crippen molar-refractivity contribution < 1.29 is 18.3 Å². The Morgan fingerprint density at radius 2 is 1.74 bits per heavy atom. The number of carboxylic acid groups (broad SMARTS) is 1. The summed E-state index contributed by atoms with van der Waals surface area (Å²) >= 11 is 0. The third-order valence-corrected chi connectivity index (χ3v) is 8.16. The molecule has 9 heteroatoms. The quantitative estimate of drug-likeness (QED) is 0.247. The summed E-state index contributed by atoms with van der Waals surface area (Å²) < 4.78 is 27.7. The van der Waals surface area contributed by atoms with Crippen LogP contribution < -0.4 is 11.1 Å². The molecular weight excluding hydrogens is 500 g/mol. The summed E-state index contributed by atoms with van der Waals surface area (Å²) in [6.45, 7) is 3.42. The Morgan fingerprint density at radius 3 is 2.42 bits per heavy atom. The zero-order chi connectivity index (χ0) is 27.2. The fraction of sp³-hybridized carbons (Fsp3) is 0.138. The Morgan fingerprint density at radius 1 is 0.974 bits per heavy atom. The highest BCUT2D eigenvalue weighted by Gasteiger charge is 2.45. The number of carboxylic acids is 1. The monoisotopic (exact) mass is 528 g/mol. The van der Waals surface area contributed by atoms with Gasteiger partial charge >= 0.3 is 5.97 Å². The molecule has 4 aromatic rings. The van der Waals surface area contributed by atoms with Crippen LogP contribution in [0.15, 0.2) is 109 Å². The normalized spacial score (nSPS) is 12.9. The zero-order valence-electron chi connectivity index (χ0n) is 20.6. The number of hydrogen-bond acceptors (Lipinski definition) is 7. The molecule has 0 aliphatic heterocycles. The van der Waals surface area contributed by atoms with Crippen molar-refractivity contribution in [2.45, 2.75) is 22.7 Å². The Kier molecular flexibility index (Phi) is 7.99. The van der Waals surface area contributed by atoms with Crippen molar-refractivity contribution in [2.24, 2.45) is 5.73 Å². The van der Waals surface area contributed by atoms with E-state index in [2.05, 4.69) is 27.9 Å². The molecular formula is C29H28N4O4S. The van der Waals surface area contributed by atoms with Crippen LogP contribution in [0, 0.1) is 0 Å². The summed E-state index contributed by atoms with van der Waals surface area (Å²) in [7, 11) is -4.22. The van der Waals surface area contributed by atoms with Gasteiger partial charge in [0.05, 0.1) is 5.69 Å². The second-order valence-corrected chi connectivity index (χ2v) is 10.9. The number of hydrogen-bond donors (Lipinski definition) is 3. The van der Waals surface area contributed by atoms with E-state index in [1.807, 2.05) is 48.5 Å². The van der Waals surface area contributed by atoms with E-state index >= 15 is 0 Å². The van der Waals surface area contributed by atoms with Gasteiger partial charge in [-0.3, -0.25) is 4.79 Å². The lowest BCUT2D eigenvalue weighted by Crippen LogP contribution is -2.47. The maximum atomic E-state index is 13.9. The van der Waals surface area contributed by atoms with E-state index < -0.39 is 20.7 Å². The number of aromatic nitrogens is 2. The van der Waals surface area contributed by atoms with Gasteiger partial charge in [-0.15, -0.1) is 6.58 Å². The Hall–Kier alpha value is -4.34. The highest BCUT2D eigenvalue weighted by Crippen LogP contribution is 2.34. The van der Waals surface area contributed by atoms with Gasteiger partial charge in [-0.1, -0.05) is 66.7 Å². The SMILES string of the molecule is C=CCc1cccc(-c2ccc(CC(N)(c3cccc(NCC(=O)O)n3)S(=O)(=O)c3ccccn3)cc2)c1. The molecule has 2 aromatic heterocycles. The van der Waals surface area contributed by atoms with Crippen LogP contribution in [0.4, 0.5) is 5.82 Å². The molecule has 0 spiro atoms. The van der Waals surface area contributed by atoms with Gasteiger partial charge in [-0.05, 0) is 52.9 Å². The smallest absolute Gasteiger partial charge is 0.322 e. The van der Waals surface area contributed by atoms with Gasteiger partial charge in [0.1, 0.15) is 12.4 Å². The van der Waals surface area contributed by atoms with Crippen LogP contribution >= 0.6 is 0 Å². The van der Waals surface area contributed by atoms with Gasteiger partial charge in [0.25, 0.3) is 0 Å².